The first kappa shape index (κ1) is 15.0. The van der Waals surface area contributed by atoms with Gasteiger partial charge in [0.1, 0.15) is 5.60 Å². The lowest BCUT2D eigenvalue weighted by molar-refractivity contribution is 0.0293. The van der Waals surface area contributed by atoms with E-state index < -0.39 is 17.7 Å². The number of nitrogens with zero attached hydrogens (tertiary/aromatic N) is 3. The number of hydrogen-bond acceptors (Lipinski definition) is 4. The molecule has 0 saturated heterocycles. The SMILES string of the molecule is CN(CCn1cnc(C(=O)O)c1)C(=O)OC(C)(C)C. The number of ether oxygens (including phenoxy) is 1. The van der Waals surface area contributed by atoms with E-state index >= 15 is 0 Å². The predicted molar refractivity (Wildman–Crippen MR) is 68.1 cm³/mol. The molecule has 19 heavy (non-hydrogen) atoms. The second-order valence-corrected chi connectivity index (χ2v) is 5.20. The number of imidazole rings is 1. The number of carbonyl (C=O) groups excluding carboxylic acids is 1. The Kier molecular flexibility index (Phi) is 4.52. The van der Waals surface area contributed by atoms with Crippen LogP contribution in [-0.4, -0.2) is 50.8 Å². The molecule has 0 unspecified atom stereocenters. The molecule has 1 amide bonds. The second kappa shape index (κ2) is 5.73. The first-order chi connectivity index (χ1) is 8.69. The van der Waals surface area contributed by atoms with E-state index in [4.69, 9.17) is 9.84 Å². The van der Waals surface area contributed by atoms with E-state index in [2.05, 4.69) is 4.98 Å². The number of hydrogen-bond donors (Lipinski definition) is 1. The molecule has 0 fully saturated rings. The minimum absolute atomic E-state index is 0.0140. The van der Waals surface area contributed by atoms with Crippen LogP contribution in [0.5, 0.6) is 0 Å². The maximum Gasteiger partial charge on any atom is 0.410 e. The average molecular weight is 269 g/mol. The van der Waals surface area contributed by atoms with E-state index in [-0.39, 0.29) is 5.69 Å². The monoisotopic (exact) mass is 269 g/mol. The second-order valence-electron chi connectivity index (χ2n) is 5.20. The Balaban J connectivity index is 2.47. The molecule has 1 N–H and O–H groups in total. The first-order valence-corrected chi connectivity index (χ1v) is 5.88. The van der Waals surface area contributed by atoms with Crippen molar-refractivity contribution >= 4 is 12.1 Å². The Morgan fingerprint density at radius 2 is 2.11 bits per heavy atom. The van der Waals surface area contributed by atoms with E-state index in [0.717, 1.165) is 0 Å². The highest BCUT2D eigenvalue weighted by Crippen LogP contribution is 2.09. The number of aromatic carboxylic acids is 1. The van der Waals surface area contributed by atoms with Gasteiger partial charge in [0.2, 0.25) is 0 Å². The third-order valence-electron chi connectivity index (χ3n) is 2.25. The molecule has 0 aliphatic rings. The van der Waals surface area contributed by atoms with Gasteiger partial charge in [0.15, 0.2) is 5.69 Å². The summed E-state index contributed by atoms with van der Waals surface area (Å²) in [4.78, 5) is 27.5. The quantitative estimate of drug-likeness (QED) is 0.894. The summed E-state index contributed by atoms with van der Waals surface area (Å²) in [6, 6.07) is 0. The number of carbonyl (C=O) groups is 2. The van der Waals surface area contributed by atoms with Gasteiger partial charge in [-0.1, -0.05) is 0 Å². The largest absolute Gasteiger partial charge is 0.476 e. The fraction of sp³-hybridized carbons (Fsp3) is 0.583. The number of carboxylic acids is 1. The van der Waals surface area contributed by atoms with Crippen LogP contribution < -0.4 is 0 Å². The van der Waals surface area contributed by atoms with Gasteiger partial charge in [0.05, 0.1) is 6.33 Å². The Morgan fingerprint density at radius 1 is 1.47 bits per heavy atom. The van der Waals surface area contributed by atoms with Gasteiger partial charge in [0.25, 0.3) is 0 Å². The average Bonchev–Trinajstić information content (AvgIpc) is 2.72. The molecule has 1 aromatic rings. The molecule has 0 radical (unpaired) electrons. The summed E-state index contributed by atoms with van der Waals surface area (Å²) in [5.74, 6) is -1.07. The van der Waals surface area contributed by atoms with Gasteiger partial charge < -0.3 is 19.3 Å². The minimum atomic E-state index is -1.07. The van der Waals surface area contributed by atoms with Gasteiger partial charge >= 0.3 is 12.1 Å². The summed E-state index contributed by atoms with van der Waals surface area (Å²) in [6.07, 6.45) is 2.43. The maximum absolute atomic E-state index is 11.7. The lowest BCUT2D eigenvalue weighted by Crippen LogP contribution is -2.35. The van der Waals surface area contributed by atoms with Gasteiger partial charge in [-0.2, -0.15) is 0 Å². The van der Waals surface area contributed by atoms with Crippen molar-refractivity contribution < 1.29 is 19.4 Å². The van der Waals surface area contributed by atoms with Crippen LogP contribution in [0.2, 0.25) is 0 Å². The molecule has 0 atom stereocenters. The highest BCUT2D eigenvalue weighted by atomic mass is 16.6. The molecule has 0 saturated carbocycles. The van der Waals surface area contributed by atoms with Crippen LogP contribution in [0.3, 0.4) is 0 Å². The van der Waals surface area contributed by atoms with Crippen molar-refractivity contribution in [2.75, 3.05) is 13.6 Å². The number of rotatable bonds is 4. The van der Waals surface area contributed by atoms with E-state index in [9.17, 15) is 9.59 Å². The lowest BCUT2D eigenvalue weighted by Gasteiger charge is -2.24. The van der Waals surface area contributed by atoms with E-state index in [1.54, 1.807) is 32.4 Å². The Hall–Kier alpha value is -2.05. The molecule has 0 aliphatic carbocycles. The normalized spacial score (nSPS) is 11.2. The van der Waals surface area contributed by atoms with Crippen LogP contribution in [-0.2, 0) is 11.3 Å². The molecule has 0 bridgehead atoms. The molecule has 0 aliphatic heterocycles. The minimum Gasteiger partial charge on any atom is -0.476 e. The van der Waals surface area contributed by atoms with Crippen LogP contribution in [0.4, 0.5) is 4.79 Å². The van der Waals surface area contributed by atoms with Crippen molar-refractivity contribution in [1.29, 1.82) is 0 Å². The highest BCUT2D eigenvalue weighted by Gasteiger charge is 2.19. The highest BCUT2D eigenvalue weighted by molar-refractivity contribution is 5.84. The molecule has 0 aromatic carbocycles. The number of likely N-dealkylation sites (N-methyl/N-ethyl adjacent to an activating group) is 1. The standard InChI is InChI=1S/C12H19N3O4/c1-12(2,3)19-11(18)14(4)5-6-15-7-9(10(16)17)13-8-15/h7-8H,5-6H2,1-4H3,(H,16,17). The fourth-order valence-electron chi connectivity index (χ4n) is 1.29. The van der Waals surface area contributed by atoms with Crippen molar-refractivity contribution in [2.45, 2.75) is 32.9 Å². The van der Waals surface area contributed by atoms with Crippen LogP contribution in [0.15, 0.2) is 12.5 Å². The number of carboxylic acid groups (broad SMARTS) is 1. The van der Waals surface area contributed by atoms with E-state index in [0.29, 0.717) is 13.1 Å². The predicted octanol–water partition coefficient (Wildman–Crippen LogP) is 1.45. The first-order valence-electron chi connectivity index (χ1n) is 5.88. The molecular weight excluding hydrogens is 250 g/mol. The van der Waals surface area contributed by atoms with Crippen LogP contribution in [0.25, 0.3) is 0 Å². The summed E-state index contributed by atoms with van der Waals surface area (Å²) >= 11 is 0. The fourth-order valence-corrected chi connectivity index (χ4v) is 1.29. The smallest absolute Gasteiger partial charge is 0.410 e. The molecule has 7 nitrogen and oxygen atoms in total. The van der Waals surface area contributed by atoms with Crippen molar-refractivity contribution in [3.05, 3.63) is 18.2 Å². The van der Waals surface area contributed by atoms with Gasteiger partial charge in [-0.05, 0) is 20.8 Å². The zero-order chi connectivity index (χ0) is 14.6. The molecule has 0 spiro atoms. The Labute approximate surface area is 111 Å². The van der Waals surface area contributed by atoms with Crippen molar-refractivity contribution in [3.63, 3.8) is 0 Å². The van der Waals surface area contributed by atoms with Crippen molar-refractivity contribution in [1.82, 2.24) is 14.5 Å². The summed E-state index contributed by atoms with van der Waals surface area (Å²) in [6.45, 7) is 6.26. The molecule has 1 rings (SSSR count). The molecule has 1 aromatic heterocycles. The van der Waals surface area contributed by atoms with E-state index in [1.807, 2.05) is 0 Å². The summed E-state index contributed by atoms with van der Waals surface area (Å²) in [5.41, 5.74) is -0.545. The van der Waals surface area contributed by atoms with Crippen LogP contribution >= 0.6 is 0 Å². The van der Waals surface area contributed by atoms with Gasteiger partial charge in [0, 0.05) is 26.3 Å². The van der Waals surface area contributed by atoms with Gasteiger partial charge in [-0.25, -0.2) is 14.6 Å². The van der Waals surface area contributed by atoms with Gasteiger partial charge in [-0.15, -0.1) is 0 Å². The summed E-state index contributed by atoms with van der Waals surface area (Å²) in [7, 11) is 1.63. The zero-order valence-corrected chi connectivity index (χ0v) is 11.6. The number of amides is 1. The topological polar surface area (TPSA) is 84.7 Å². The third kappa shape index (κ3) is 4.99. The maximum atomic E-state index is 11.7. The summed E-state index contributed by atoms with van der Waals surface area (Å²) in [5, 5.41) is 8.73. The molecular formula is C12H19N3O4. The molecule has 1 heterocycles. The van der Waals surface area contributed by atoms with Crippen molar-refractivity contribution in [2.24, 2.45) is 0 Å². The van der Waals surface area contributed by atoms with Crippen LogP contribution in [0, 0.1) is 0 Å². The number of aromatic nitrogens is 2. The Morgan fingerprint density at radius 3 is 2.58 bits per heavy atom. The third-order valence-corrected chi connectivity index (χ3v) is 2.25. The van der Waals surface area contributed by atoms with Crippen molar-refractivity contribution in [3.8, 4) is 0 Å². The van der Waals surface area contributed by atoms with Gasteiger partial charge in [-0.3, -0.25) is 0 Å². The lowest BCUT2D eigenvalue weighted by atomic mass is 10.2. The zero-order valence-electron chi connectivity index (χ0n) is 11.6. The summed E-state index contributed by atoms with van der Waals surface area (Å²) < 4.78 is 6.81. The molecule has 7 heteroatoms. The Bertz CT molecular complexity index is 462. The van der Waals surface area contributed by atoms with E-state index in [1.165, 1.54) is 17.4 Å². The van der Waals surface area contributed by atoms with Crippen LogP contribution in [0.1, 0.15) is 31.3 Å². The molecule has 106 valence electrons.